The van der Waals surface area contributed by atoms with Crippen LogP contribution in [-0.4, -0.2) is 96.7 Å². The van der Waals surface area contributed by atoms with E-state index in [-0.39, 0.29) is 30.2 Å². The predicted octanol–water partition coefficient (Wildman–Crippen LogP) is 3.18. The predicted molar refractivity (Wildman–Crippen MR) is 162 cm³/mol. The van der Waals surface area contributed by atoms with Crippen LogP contribution in [0.3, 0.4) is 0 Å². The second-order valence-electron chi connectivity index (χ2n) is 12.5. The fraction of sp³-hybridized carbons (Fsp3) is 0.562. The van der Waals surface area contributed by atoms with Crippen molar-refractivity contribution in [3.63, 3.8) is 0 Å². The number of benzene rings is 1. The van der Waals surface area contributed by atoms with Crippen molar-refractivity contribution in [3.8, 4) is 6.07 Å². The third-order valence-electron chi connectivity index (χ3n) is 9.68. The average molecular weight is 573 g/mol. The van der Waals surface area contributed by atoms with Crippen molar-refractivity contribution < 1.29 is 9.18 Å². The number of fused-ring (bicyclic) bond motifs is 2. The molecule has 3 unspecified atom stereocenters. The van der Waals surface area contributed by atoms with Crippen molar-refractivity contribution in [1.82, 2.24) is 19.8 Å². The maximum absolute atomic E-state index is 14.4. The number of carbonyl (C=O) groups is 1. The van der Waals surface area contributed by atoms with E-state index in [1.54, 1.807) is 17.0 Å². The van der Waals surface area contributed by atoms with Crippen LogP contribution in [0, 0.1) is 17.1 Å². The number of amides is 1. The third kappa shape index (κ3) is 5.19. The molecule has 1 amide bonds. The lowest BCUT2D eigenvalue weighted by atomic mass is 9.86. The Morgan fingerprint density at radius 1 is 1.17 bits per heavy atom. The third-order valence-corrected chi connectivity index (χ3v) is 9.68. The fourth-order valence-corrected chi connectivity index (χ4v) is 7.17. The number of rotatable bonds is 6. The van der Waals surface area contributed by atoms with Crippen LogP contribution in [0.5, 0.6) is 0 Å². The highest BCUT2D eigenvalue weighted by molar-refractivity contribution is 5.87. The first-order chi connectivity index (χ1) is 20.3. The van der Waals surface area contributed by atoms with Gasteiger partial charge in [-0.05, 0) is 70.5 Å². The first-order valence-corrected chi connectivity index (χ1v) is 15.2. The van der Waals surface area contributed by atoms with Gasteiger partial charge in [0.2, 0.25) is 11.9 Å². The SMILES string of the molecule is C=CC(=O)N1CCN(c2nc(N3CC(N(C)C)C3)nc3c2CCC(N2c4cc(F)ccc4CCC2C)C3)CC1CC#N. The molecule has 2 aromatic rings. The van der Waals surface area contributed by atoms with Crippen LogP contribution in [-0.2, 0) is 24.1 Å². The van der Waals surface area contributed by atoms with Crippen LogP contribution in [0.1, 0.15) is 43.0 Å². The summed E-state index contributed by atoms with van der Waals surface area (Å²) >= 11 is 0. The Balaban J connectivity index is 1.34. The van der Waals surface area contributed by atoms with E-state index in [0.29, 0.717) is 31.7 Å². The monoisotopic (exact) mass is 572 g/mol. The van der Waals surface area contributed by atoms with Gasteiger partial charge in [-0.2, -0.15) is 10.2 Å². The van der Waals surface area contributed by atoms with Crippen molar-refractivity contribution in [1.29, 1.82) is 5.26 Å². The minimum absolute atomic E-state index is 0.133. The van der Waals surface area contributed by atoms with E-state index in [1.165, 1.54) is 17.2 Å². The van der Waals surface area contributed by atoms with Crippen molar-refractivity contribution in [2.75, 3.05) is 61.5 Å². The first kappa shape index (κ1) is 28.4. The molecular formula is C32H41FN8O. The molecule has 3 aliphatic heterocycles. The van der Waals surface area contributed by atoms with E-state index < -0.39 is 0 Å². The number of aryl methyl sites for hydroxylation is 1. The minimum Gasteiger partial charge on any atom is -0.365 e. The lowest BCUT2D eigenvalue weighted by Crippen LogP contribution is -2.58. The van der Waals surface area contributed by atoms with Gasteiger partial charge in [0.1, 0.15) is 11.6 Å². The van der Waals surface area contributed by atoms with Crippen molar-refractivity contribution in [3.05, 3.63) is 53.5 Å². The van der Waals surface area contributed by atoms with Gasteiger partial charge in [-0.1, -0.05) is 12.6 Å². The zero-order chi connectivity index (χ0) is 29.5. The Hall–Kier alpha value is -3.71. The summed E-state index contributed by atoms with van der Waals surface area (Å²) in [4.78, 5) is 33.8. The second-order valence-corrected chi connectivity index (χ2v) is 12.5. The normalized spacial score (nSPS) is 24.1. The molecule has 2 saturated heterocycles. The van der Waals surface area contributed by atoms with Crippen molar-refractivity contribution in [2.24, 2.45) is 0 Å². The Bertz CT molecular complexity index is 1400. The molecule has 42 heavy (non-hydrogen) atoms. The highest BCUT2D eigenvalue weighted by atomic mass is 19.1. The van der Waals surface area contributed by atoms with Gasteiger partial charge >= 0.3 is 0 Å². The number of piperazine rings is 1. The second kappa shape index (κ2) is 11.5. The van der Waals surface area contributed by atoms with E-state index >= 15 is 0 Å². The standard InChI is InChI=1S/C32H41FN8O/c1-5-30(42)40-15-14-38(18-25(40)12-13-34)31-27-11-10-24(41-21(2)6-7-22-8-9-23(33)16-29(22)41)17-28(27)35-32(36-31)39-19-26(20-39)37(3)4/h5,8-9,16,21,24-26H,1,6-7,10-12,14-15,17-20H2,2-4H3. The maximum Gasteiger partial charge on any atom is 0.246 e. The lowest BCUT2D eigenvalue weighted by Gasteiger charge is -2.46. The summed E-state index contributed by atoms with van der Waals surface area (Å²) in [5, 5.41) is 9.53. The molecule has 222 valence electrons. The summed E-state index contributed by atoms with van der Waals surface area (Å²) in [6.07, 6.45) is 6.17. The molecule has 0 N–H and O–H groups in total. The van der Waals surface area contributed by atoms with Crippen molar-refractivity contribution >= 4 is 23.4 Å². The molecule has 0 saturated carbocycles. The molecule has 4 heterocycles. The van der Waals surface area contributed by atoms with Gasteiger partial charge in [-0.3, -0.25) is 4.79 Å². The highest BCUT2D eigenvalue weighted by Crippen LogP contribution is 2.39. The summed E-state index contributed by atoms with van der Waals surface area (Å²) in [7, 11) is 4.21. The number of likely N-dealkylation sites (N-methyl/N-ethyl adjacent to an activating group) is 1. The Labute approximate surface area is 248 Å². The van der Waals surface area contributed by atoms with Crippen LogP contribution in [0.15, 0.2) is 30.9 Å². The van der Waals surface area contributed by atoms with Crippen LogP contribution < -0.4 is 14.7 Å². The van der Waals surface area contributed by atoms with E-state index in [9.17, 15) is 14.4 Å². The van der Waals surface area contributed by atoms with E-state index in [2.05, 4.69) is 53.3 Å². The highest BCUT2D eigenvalue weighted by Gasteiger charge is 2.38. The molecule has 0 spiro atoms. The molecule has 10 heteroatoms. The molecular weight excluding hydrogens is 531 g/mol. The van der Waals surface area contributed by atoms with Gasteiger partial charge in [0.05, 0.1) is 24.2 Å². The van der Waals surface area contributed by atoms with Crippen LogP contribution in [0.25, 0.3) is 0 Å². The maximum atomic E-state index is 14.4. The quantitative estimate of drug-likeness (QED) is 0.489. The summed E-state index contributed by atoms with van der Waals surface area (Å²) in [6.45, 7) is 9.38. The molecule has 9 nitrogen and oxygen atoms in total. The number of nitrogens with zero attached hydrogens (tertiary/aromatic N) is 8. The number of halogens is 1. The topological polar surface area (TPSA) is 82.8 Å². The number of nitriles is 1. The zero-order valence-electron chi connectivity index (χ0n) is 25.0. The molecule has 4 aliphatic rings. The van der Waals surface area contributed by atoms with Gasteiger partial charge < -0.3 is 24.5 Å². The Kier molecular flexibility index (Phi) is 7.79. The van der Waals surface area contributed by atoms with Crippen LogP contribution >= 0.6 is 0 Å². The molecule has 1 aromatic heterocycles. The van der Waals surface area contributed by atoms with Crippen molar-refractivity contribution in [2.45, 2.75) is 69.6 Å². The molecule has 0 bridgehead atoms. The van der Waals surface area contributed by atoms with Gasteiger partial charge in [-0.15, -0.1) is 0 Å². The Morgan fingerprint density at radius 2 is 1.98 bits per heavy atom. The average Bonchev–Trinajstić information content (AvgIpc) is 2.95. The number of aromatic nitrogens is 2. The van der Waals surface area contributed by atoms with Gasteiger partial charge in [0, 0.05) is 68.5 Å². The minimum atomic E-state index is -0.220. The summed E-state index contributed by atoms with van der Waals surface area (Å²) in [5.74, 6) is 1.37. The largest absolute Gasteiger partial charge is 0.365 e. The fourth-order valence-electron chi connectivity index (χ4n) is 7.17. The summed E-state index contributed by atoms with van der Waals surface area (Å²) < 4.78 is 14.4. The van der Waals surface area contributed by atoms with E-state index in [4.69, 9.17) is 9.97 Å². The number of hydrogen-bond acceptors (Lipinski definition) is 8. The van der Waals surface area contributed by atoms with Gasteiger partial charge in [0.25, 0.3) is 0 Å². The van der Waals surface area contributed by atoms with Crippen LogP contribution in [0.2, 0.25) is 0 Å². The van der Waals surface area contributed by atoms with Gasteiger partial charge in [-0.25, -0.2) is 9.37 Å². The van der Waals surface area contributed by atoms with Crippen LogP contribution in [0.4, 0.5) is 21.8 Å². The first-order valence-electron chi connectivity index (χ1n) is 15.2. The smallest absolute Gasteiger partial charge is 0.246 e. The molecule has 1 aromatic carbocycles. The number of hydrogen-bond donors (Lipinski definition) is 0. The van der Waals surface area contributed by atoms with E-state index in [0.717, 1.165) is 68.3 Å². The summed E-state index contributed by atoms with van der Waals surface area (Å²) in [5.41, 5.74) is 4.48. The molecule has 3 atom stereocenters. The zero-order valence-corrected chi connectivity index (χ0v) is 25.0. The molecule has 1 aliphatic carbocycles. The summed E-state index contributed by atoms with van der Waals surface area (Å²) in [6, 6.07) is 8.29. The van der Waals surface area contributed by atoms with E-state index in [1.807, 2.05) is 6.07 Å². The number of carbonyl (C=O) groups excluding carboxylic acids is 1. The Morgan fingerprint density at radius 3 is 2.71 bits per heavy atom. The lowest BCUT2D eigenvalue weighted by molar-refractivity contribution is -0.128. The molecule has 2 fully saturated rings. The number of anilines is 3. The molecule has 0 radical (unpaired) electrons. The van der Waals surface area contributed by atoms with Gasteiger partial charge in [0.15, 0.2) is 0 Å². The molecule has 6 rings (SSSR count).